The highest BCUT2D eigenvalue weighted by Gasteiger charge is 2.18. The molecule has 10 nitrogen and oxygen atoms in total. The van der Waals surface area contributed by atoms with Crippen molar-refractivity contribution in [1.82, 2.24) is 44.1 Å². The Labute approximate surface area is 204 Å². The zero-order chi connectivity index (χ0) is 23.9. The number of rotatable bonds is 5. The quantitative estimate of drug-likeness (QED) is 0.388. The van der Waals surface area contributed by atoms with Crippen molar-refractivity contribution in [2.45, 2.75) is 0 Å². The van der Waals surface area contributed by atoms with Gasteiger partial charge in [-0.15, -0.1) is 10.2 Å². The molecule has 0 atom stereocenters. The van der Waals surface area contributed by atoms with E-state index in [-0.39, 0.29) is 0 Å². The van der Waals surface area contributed by atoms with Gasteiger partial charge in [-0.1, -0.05) is 23.7 Å². The lowest BCUT2D eigenvalue weighted by Crippen LogP contribution is -1.97. The van der Waals surface area contributed by atoms with E-state index in [1.54, 1.807) is 21.8 Å². The average Bonchev–Trinajstić information content (AvgIpc) is 3.57. The Balaban J connectivity index is 1.36. The fourth-order valence-electron chi connectivity index (χ4n) is 3.90. The van der Waals surface area contributed by atoms with Gasteiger partial charge in [0.15, 0.2) is 11.5 Å². The van der Waals surface area contributed by atoms with Crippen molar-refractivity contribution in [3.8, 4) is 33.9 Å². The predicted molar refractivity (Wildman–Crippen MR) is 133 cm³/mol. The molecule has 5 aromatic heterocycles. The maximum absolute atomic E-state index is 6.07. The van der Waals surface area contributed by atoms with Crippen LogP contribution in [0.2, 0.25) is 5.02 Å². The van der Waals surface area contributed by atoms with E-state index in [9.17, 15) is 0 Å². The third-order valence-corrected chi connectivity index (χ3v) is 5.76. The van der Waals surface area contributed by atoms with Crippen LogP contribution < -0.4 is 5.32 Å². The largest absolute Gasteiger partial charge is 0.321 e. The van der Waals surface area contributed by atoms with Gasteiger partial charge >= 0.3 is 0 Å². The lowest BCUT2D eigenvalue weighted by Gasteiger charge is -2.06. The van der Waals surface area contributed by atoms with E-state index in [0.717, 1.165) is 33.8 Å². The number of fused-ring (bicyclic) bond motifs is 1. The molecule has 0 amide bonds. The van der Waals surface area contributed by atoms with Crippen LogP contribution in [-0.4, -0.2) is 44.1 Å². The minimum Gasteiger partial charge on any atom is -0.321 e. The number of nitrogens with zero attached hydrogens (tertiary/aromatic N) is 9. The summed E-state index contributed by atoms with van der Waals surface area (Å²) in [5.74, 6) is 1.19. The normalized spacial score (nSPS) is 11.3. The molecule has 1 N–H and O–H groups in total. The number of aryl methyl sites for hydroxylation is 2. The number of pyridine rings is 1. The molecule has 0 bridgehead atoms. The maximum atomic E-state index is 6.07. The molecule has 0 aliphatic rings. The molecule has 6 rings (SSSR count). The number of hydrogen-bond acceptors (Lipinski definition) is 7. The average molecular weight is 483 g/mol. The molecule has 0 aliphatic heterocycles. The third-order valence-electron chi connectivity index (χ3n) is 5.51. The number of hydrogen-bond donors (Lipinski definition) is 1. The van der Waals surface area contributed by atoms with Gasteiger partial charge in [0.25, 0.3) is 0 Å². The summed E-state index contributed by atoms with van der Waals surface area (Å²) in [5.41, 5.74) is 5.82. The molecular weight excluding hydrogens is 464 g/mol. The molecule has 0 spiro atoms. The summed E-state index contributed by atoms with van der Waals surface area (Å²) in [4.78, 5) is 8.95. The summed E-state index contributed by atoms with van der Waals surface area (Å²) >= 11 is 6.07. The molecule has 35 heavy (non-hydrogen) atoms. The first-order valence-electron chi connectivity index (χ1n) is 10.8. The molecule has 6 aromatic rings. The Morgan fingerprint density at radius 1 is 0.914 bits per heavy atom. The van der Waals surface area contributed by atoms with Crippen molar-refractivity contribution >= 4 is 28.9 Å². The van der Waals surface area contributed by atoms with Gasteiger partial charge < -0.3 is 5.32 Å². The third kappa shape index (κ3) is 4.00. The van der Waals surface area contributed by atoms with E-state index < -0.39 is 0 Å². The highest BCUT2D eigenvalue weighted by molar-refractivity contribution is 6.30. The van der Waals surface area contributed by atoms with Crippen molar-refractivity contribution in [2.24, 2.45) is 14.1 Å². The minimum absolute atomic E-state index is 0.487. The van der Waals surface area contributed by atoms with Crippen LogP contribution in [0.15, 0.2) is 73.4 Å². The summed E-state index contributed by atoms with van der Waals surface area (Å²) in [6, 6.07) is 13.4. The second kappa shape index (κ2) is 8.33. The molecule has 0 fully saturated rings. The van der Waals surface area contributed by atoms with Crippen molar-refractivity contribution in [3.63, 3.8) is 0 Å². The Hall–Kier alpha value is -4.57. The predicted octanol–water partition coefficient (Wildman–Crippen LogP) is 4.38. The molecule has 11 heteroatoms. The summed E-state index contributed by atoms with van der Waals surface area (Å²) in [6.07, 6.45) is 9.17. The topological polar surface area (TPSA) is 104 Å². The monoisotopic (exact) mass is 482 g/mol. The summed E-state index contributed by atoms with van der Waals surface area (Å²) in [7, 11) is 3.74. The van der Waals surface area contributed by atoms with Crippen LogP contribution >= 0.6 is 11.6 Å². The van der Waals surface area contributed by atoms with E-state index in [1.165, 1.54) is 0 Å². The van der Waals surface area contributed by atoms with Crippen LogP contribution in [0, 0.1) is 0 Å². The van der Waals surface area contributed by atoms with Gasteiger partial charge in [-0.3, -0.25) is 13.8 Å². The van der Waals surface area contributed by atoms with Crippen molar-refractivity contribution in [3.05, 3.63) is 78.5 Å². The lowest BCUT2D eigenvalue weighted by molar-refractivity contribution is 0.768. The molecule has 0 aliphatic carbocycles. The molecule has 0 saturated carbocycles. The number of anilines is 2. The van der Waals surface area contributed by atoms with Crippen LogP contribution in [0.4, 0.5) is 11.6 Å². The summed E-state index contributed by atoms with van der Waals surface area (Å²) in [5, 5.41) is 21.5. The van der Waals surface area contributed by atoms with Gasteiger partial charge in [0.2, 0.25) is 5.95 Å². The van der Waals surface area contributed by atoms with Gasteiger partial charge in [-0.05, 0) is 30.3 Å². The molecular formula is C24H19ClN10. The first-order chi connectivity index (χ1) is 17.0. The molecule has 0 unspecified atom stereocenters. The fraction of sp³-hybridized carbons (Fsp3) is 0.0833. The molecule has 1 aromatic carbocycles. The SMILES string of the molecule is Cn1cc(Nc2nccc(-c3ccn4c(-c5cn(C)nc5-c5ccc(Cl)cc5)nnc4c3)n2)cn1. The van der Waals surface area contributed by atoms with E-state index >= 15 is 0 Å². The van der Waals surface area contributed by atoms with E-state index in [2.05, 4.69) is 35.7 Å². The van der Waals surface area contributed by atoms with Gasteiger partial charge in [0.05, 0.1) is 23.1 Å². The Kier molecular flexibility index (Phi) is 5.00. The second-order valence-electron chi connectivity index (χ2n) is 8.03. The standard InChI is InChI=1S/C24H19ClN10/c1-33-13-18(12-27-33)28-24-26-9-7-20(29-24)16-8-10-35-21(11-16)30-31-23(35)19-14-34(2)32-22(19)15-3-5-17(25)6-4-15/h3-14H,1-2H3,(H,26,28,29). The molecule has 5 heterocycles. The molecule has 172 valence electrons. The van der Waals surface area contributed by atoms with Crippen LogP contribution in [0.5, 0.6) is 0 Å². The van der Waals surface area contributed by atoms with Gasteiger partial charge in [-0.25, -0.2) is 9.97 Å². The number of nitrogens with one attached hydrogen (secondary N) is 1. The van der Waals surface area contributed by atoms with Gasteiger partial charge in [-0.2, -0.15) is 10.2 Å². The maximum Gasteiger partial charge on any atom is 0.227 e. The number of benzene rings is 1. The zero-order valence-electron chi connectivity index (χ0n) is 18.8. The van der Waals surface area contributed by atoms with E-state index in [4.69, 9.17) is 11.6 Å². The van der Waals surface area contributed by atoms with Crippen LogP contribution in [0.1, 0.15) is 0 Å². The van der Waals surface area contributed by atoms with Gasteiger partial charge in [0, 0.05) is 55.0 Å². The van der Waals surface area contributed by atoms with Crippen LogP contribution in [0.3, 0.4) is 0 Å². The van der Waals surface area contributed by atoms with E-state index in [1.807, 2.05) is 79.6 Å². The smallest absolute Gasteiger partial charge is 0.227 e. The first kappa shape index (κ1) is 21.0. The Morgan fingerprint density at radius 3 is 2.57 bits per heavy atom. The lowest BCUT2D eigenvalue weighted by atomic mass is 10.1. The zero-order valence-corrected chi connectivity index (χ0v) is 19.6. The first-order valence-corrected chi connectivity index (χ1v) is 11.1. The highest BCUT2D eigenvalue weighted by Crippen LogP contribution is 2.31. The molecule has 0 saturated heterocycles. The van der Waals surface area contributed by atoms with Crippen molar-refractivity contribution in [2.75, 3.05) is 5.32 Å². The fourth-order valence-corrected chi connectivity index (χ4v) is 4.03. The Morgan fingerprint density at radius 2 is 1.77 bits per heavy atom. The minimum atomic E-state index is 0.487. The highest BCUT2D eigenvalue weighted by atomic mass is 35.5. The summed E-state index contributed by atoms with van der Waals surface area (Å²) < 4.78 is 5.42. The van der Waals surface area contributed by atoms with Crippen LogP contribution in [-0.2, 0) is 14.1 Å². The molecule has 0 radical (unpaired) electrons. The van der Waals surface area contributed by atoms with Gasteiger partial charge in [0.1, 0.15) is 5.69 Å². The summed E-state index contributed by atoms with van der Waals surface area (Å²) in [6.45, 7) is 0. The number of halogens is 1. The Bertz CT molecular complexity index is 1660. The van der Waals surface area contributed by atoms with Crippen molar-refractivity contribution < 1.29 is 0 Å². The number of aromatic nitrogens is 9. The van der Waals surface area contributed by atoms with Crippen molar-refractivity contribution in [1.29, 1.82) is 0 Å². The van der Waals surface area contributed by atoms with Crippen LogP contribution in [0.25, 0.3) is 39.5 Å². The van der Waals surface area contributed by atoms with E-state index in [0.29, 0.717) is 22.4 Å². The second-order valence-corrected chi connectivity index (χ2v) is 8.47.